The van der Waals surface area contributed by atoms with Gasteiger partial charge in [0, 0.05) is 11.5 Å². The summed E-state index contributed by atoms with van der Waals surface area (Å²) in [6, 6.07) is 0.794. The number of nitrogens with zero attached hydrogens (tertiary/aromatic N) is 2. The number of rotatable bonds is 7. The topological polar surface area (TPSA) is 61.8 Å². The normalized spacial score (nSPS) is 18.1. The fraction of sp³-hybridized carbons (Fsp3) is 0.917. The van der Waals surface area contributed by atoms with E-state index in [1.54, 1.807) is 0 Å². The molecule has 1 saturated carbocycles. The van der Waals surface area contributed by atoms with Gasteiger partial charge in [-0.05, 0) is 38.8 Å². The second-order valence-electron chi connectivity index (χ2n) is 5.39. The zero-order valence-corrected chi connectivity index (χ0v) is 10.7. The lowest BCUT2D eigenvalue weighted by atomic mass is 9.88. The van der Waals surface area contributed by atoms with Gasteiger partial charge in [0.15, 0.2) is 0 Å². The van der Waals surface area contributed by atoms with E-state index in [-0.39, 0.29) is 5.41 Å². The van der Waals surface area contributed by atoms with Gasteiger partial charge in [0.2, 0.25) is 0 Å². The number of hydrogen-bond acceptors (Lipinski definition) is 3. The van der Waals surface area contributed by atoms with E-state index in [1.165, 1.54) is 19.3 Å². The lowest BCUT2D eigenvalue weighted by Gasteiger charge is -2.28. The Hall–Kier alpha value is -0.770. The van der Waals surface area contributed by atoms with Gasteiger partial charge in [-0.15, -0.1) is 0 Å². The fourth-order valence-corrected chi connectivity index (χ4v) is 1.89. The van der Waals surface area contributed by atoms with Crippen molar-refractivity contribution in [3.8, 4) is 0 Å². The predicted octanol–water partition coefficient (Wildman–Crippen LogP) is 2.02. The van der Waals surface area contributed by atoms with E-state index in [9.17, 15) is 0 Å². The minimum absolute atomic E-state index is 0.213. The molecule has 4 heteroatoms. The van der Waals surface area contributed by atoms with Crippen molar-refractivity contribution in [1.29, 1.82) is 0 Å². The van der Waals surface area contributed by atoms with Gasteiger partial charge in [-0.1, -0.05) is 25.9 Å². The maximum atomic E-state index is 8.71. The Kier molecular flexibility index (Phi) is 4.59. The van der Waals surface area contributed by atoms with Crippen LogP contribution in [0.4, 0.5) is 0 Å². The molecule has 1 fully saturated rings. The number of nitrogens with two attached hydrogens (primary N) is 1. The smallest absolute Gasteiger partial charge is 0.144 e. The number of amidine groups is 1. The highest BCUT2D eigenvalue weighted by Gasteiger charge is 2.31. The van der Waals surface area contributed by atoms with E-state index in [1.807, 2.05) is 13.8 Å². The van der Waals surface area contributed by atoms with Crippen LogP contribution in [0.25, 0.3) is 0 Å². The van der Waals surface area contributed by atoms with E-state index in [0.29, 0.717) is 5.84 Å². The first-order valence-electron chi connectivity index (χ1n) is 6.23. The summed E-state index contributed by atoms with van der Waals surface area (Å²) in [5.74, 6) is 0.333. The predicted molar refractivity (Wildman–Crippen MR) is 66.7 cm³/mol. The van der Waals surface area contributed by atoms with Gasteiger partial charge >= 0.3 is 0 Å². The number of oxime groups is 1. The maximum Gasteiger partial charge on any atom is 0.144 e. The van der Waals surface area contributed by atoms with Crippen molar-refractivity contribution >= 4 is 5.84 Å². The summed E-state index contributed by atoms with van der Waals surface area (Å²) in [4.78, 5) is 2.53. The summed E-state index contributed by atoms with van der Waals surface area (Å²) in [7, 11) is 0. The van der Waals surface area contributed by atoms with Gasteiger partial charge in [0.1, 0.15) is 5.84 Å². The first-order valence-corrected chi connectivity index (χ1v) is 6.23. The van der Waals surface area contributed by atoms with Crippen LogP contribution in [0.5, 0.6) is 0 Å². The van der Waals surface area contributed by atoms with Crippen molar-refractivity contribution in [2.75, 3.05) is 13.1 Å². The van der Waals surface area contributed by atoms with Crippen LogP contribution < -0.4 is 5.73 Å². The molecule has 4 nitrogen and oxygen atoms in total. The Morgan fingerprint density at radius 3 is 2.50 bits per heavy atom. The first-order chi connectivity index (χ1) is 7.51. The van der Waals surface area contributed by atoms with Crippen LogP contribution in [0.3, 0.4) is 0 Å². The molecule has 0 amide bonds. The third-order valence-electron chi connectivity index (χ3n) is 3.40. The van der Waals surface area contributed by atoms with Crippen molar-refractivity contribution in [3.05, 3.63) is 0 Å². The van der Waals surface area contributed by atoms with Gasteiger partial charge in [0.05, 0.1) is 0 Å². The van der Waals surface area contributed by atoms with Crippen LogP contribution in [0.1, 0.15) is 46.5 Å². The Labute approximate surface area is 98.5 Å². The average Bonchev–Trinajstić information content (AvgIpc) is 3.06. The quantitative estimate of drug-likeness (QED) is 0.303. The van der Waals surface area contributed by atoms with Gasteiger partial charge in [-0.25, -0.2) is 0 Å². The van der Waals surface area contributed by atoms with E-state index >= 15 is 0 Å². The highest BCUT2D eigenvalue weighted by atomic mass is 16.4. The van der Waals surface area contributed by atoms with E-state index < -0.39 is 0 Å². The summed E-state index contributed by atoms with van der Waals surface area (Å²) >= 11 is 0. The first kappa shape index (κ1) is 13.3. The molecule has 0 aromatic rings. The maximum absolute atomic E-state index is 8.71. The molecule has 0 saturated heterocycles. The monoisotopic (exact) mass is 227 g/mol. The van der Waals surface area contributed by atoms with Gasteiger partial charge < -0.3 is 15.8 Å². The molecule has 1 rings (SSSR count). The molecule has 0 heterocycles. The lowest BCUT2D eigenvalue weighted by molar-refractivity contribution is 0.232. The molecule has 0 aliphatic heterocycles. The standard InChI is InChI=1S/C12H25N3O/c1-4-8-15(10-5-6-10)9-7-12(2,3)11(13)14-16/h10,16H,4-9H2,1-3H3,(H2,13,14). The fourth-order valence-electron chi connectivity index (χ4n) is 1.89. The van der Waals surface area contributed by atoms with Gasteiger partial charge in [-0.2, -0.15) is 0 Å². The SMILES string of the molecule is CCCN(CCC(C)(C)C(N)=NO)C1CC1. The Morgan fingerprint density at radius 2 is 2.06 bits per heavy atom. The Bertz CT molecular complexity index is 247. The van der Waals surface area contributed by atoms with Crippen molar-refractivity contribution in [3.63, 3.8) is 0 Å². The number of hydrogen-bond donors (Lipinski definition) is 2. The third kappa shape index (κ3) is 3.67. The molecule has 1 aliphatic rings. The van der Waals surface area contributed by atoms with Crippen molar-refractivity contribution in [1.82, 2.24) is 4.90 Å². The molecule has 16 heavy (non-hydrogen) atoms. The largest absolute Gasteiger partial charge is 0.409 e. The zero-order chi connectivity index (χ0) is 12.2. The van der Waals surface area contributed by atoms with Crippen LogP contribution >= 0.6 is 0 Å². The minimum atomic E-state index is -0.213. The molecule has 0 bridgehead atoms. The van der Waals surface area contributed by atoms with Crippen LogP contribution in [-0.4, -0.2) is 35.1 Å². The Balaban J connectivity index is 2.41. The highest BCUT2D eigenvalue weighted by Crippen LogP contribution is 2.29. The van der Waals surface area contributed by atoms with Crippen molar-refractivity contribution in [2.24, 2.45) is 16.3 Å². The molecule has 94 valence electrons. The molecule has 0 aromatic carbocycles. The minimum Gasteiger partial charge on any atom is -0.409 e. The Morgan fingerprint density at radius 1 is 1.44 bits per heavy atom. The molecular formula is C12H25N3O. The second kappa shape index (κ2) is 5.53. The molecule has 3 N–H and O–H groups in total. The van der Waals surface area contributed by atoms with Crippen LogP contribution in [0, 0.1) is 5.41 Å². The molecule has 0 unspecified atom stereocenters. The summed E-state index contributed by atoms with van der Waals surface area (Å²) in [6.45, 7) is 8.47. The molecule has 1 aliphatic carbocycles. The van der Waals surface area contributed by atoms with Gasteiger partial charge in [0.25, 0.3) is 0 Å². The molecule has 0 aromatic heterocycles. The zero-order valence-electron chi connectivity index (χ0n) is 10.7. The molecule has 0 spiro atoms. The van der Waals surface area contributed by atoms with Crippen LogP contribution in [0.2, 0.25) is 0 Å². The van der Waals surface area contributed by atoms with Crippen LogP contribution in [0.15, 0.2) is 5.16 Å². The summed E-state index contributed by atoms with van der Waals surface area (Å²) < 4.78 is 0. The molecule has 0 radical (unpaired) electrons. The van der Waals surface area contributed by atoms with Gasteiger partial charge in [-0.3, -0.25) is 0 Å². The van der Waals surface area contributed by atoms with E-state index in [4.69, 9.17) is 10.9 Å². The summed E-state index contributed by atoms with van der Waals surface area (Å²) in [5, 5.41) is 11.8. The third-order valence-corrected chi connectivity index (χ3v) is 3.40. The lowest BCUT2D eigenvalue weighted by Crippen LogP contribution is -2.37. The average molecular weight is 227 g/mol. The van der Waals surface area contributed by atoms with Crippen LogP contribution in [-0.2, 0) is 0 Å². The van der Waals surface area contributed by atoms with E-state index in [2.05, 4.69) is 17.0 Å². The summed E-state index contributed by atoms with van der Waals surface area (Å²) in [6.07, 6.45) is 4.81. The van der Waals surface area contributed by atoms with Crippen molar-refractivity contribution in [2.45, 2.75) is 52.5 Å². The molecular weight excluding hydrogens is 202 g/mol. The molecule has 0 atom stereocenters. The van der Waals surface area contributed by atoms with E-state index in [0.717, 1.165) is 25.6 Å². The summed E-state index contributed by atoms with van der Waals surface area (Å²) in [5.41, 5.74) is 5.47. The second-order valence-corrected chi connectivity index (χ2v) is 5.39. The highest BCUT2D eigenvalue weighted by molar-refractivity contribution is 5.85. The van der Waals surface area contributed by atoms with Crippen molar-refractivity contribution < 1.29 is 5.21 Å².